The maximum atomic E-state index is 11.3. The summed E-state index contributed by atoms with van der Waals surface area (Å²) in [6.07, 6.45) is 1.27. The fourth-order valence-corrected chi connectivity index (χ4v) is 1.68. The molecule has 0 atom stereocenters. The smallest absolute Gasteiger partial charge is 0.319 e. The molecule has 1 aromatic carbocycles. The number of esters is 1. The van der Waals surface area contributed by atoms with Crippen molar-refractivity contribution in [3.63, 3.8) is 0 Å². The van der Waals surface area contributed by atoms with E-state index in [2.05, 4.69) is 10.8 Å². The molecule has 18 heavy (non-hydrogen) atoms. The molecule has 0 radical (unpaired) electrons. The average Bonchev–Trinajstić information content (AvgIpc) is 2.40. The van der Waals surface area contributed by atoms with Gasteiger partial charge in [0.15, 0.2) is 0 Å². The molecule has 0 bridgehead atoms. The quantitative estimate of drug-likeness (QED) is 0.545. The van der Waals surface area contributed by atoms with Crippen molar-refractivity contribution in [2.24, 2.45) is 0 Å². The van der Waals surface area contributed by atoms with Gasteiger partial charge in [0, 0.05) is 19.5 Å². The molecule has 96 valence electrons. The number of hydrogen-bond acceptors (Lipinski definition) is 4. The summed E-state index contributed by atoms with van der Waals surface area (Å²) < 4.78 is 4.68. The second kappa shape index (κ2) is 8.26. The minimum Gasteiger partial charge on any atom is -0.468 e. The van der Waals surface area contributed by atoms with Gasteiger partial charge in [0.1, 0.15) is 0 Å². The first-order valence-electron chi connectivity index (χ1n) is 5.96. The molecule has 0 fully saturated rings. The van der Waals surface area contributed by atoms with Crippen LogP contribution in [0.1, 0.15) is 18.4 Å². The van der Waals surface area contributed by atoms with Gasteiger partial charge in [0.05, 0.1) is 19.7 Å². The second-order valence-electron chi connectivity index (χ2n) is 4.03. The maximum Gasteiger partial charge on any atom is 0.319 e. The van der Waals surface area contributed by atoms with Crippen LogP contribution in [-0.2, 0) is 16.1 Å². The van der Waals surface area contributed by atoms with Gasteiger partial charge in [-0.1, -0.05) is 30.3 Å². The number of carbonyl (C=O) groups excluding carboxylic acids is 1. The number of hydrogen-bond donors (Lipinski definition) is 0. The molecule has 0 aliphatic carbocycles. The minimum absolute atomic E-state index is 0.247. The standard InChI is InChI=1S/C14H18N2O2/c1-18-14(17)12-16(10-6-5-9-15)11-13-7-3-2-4-8-13/h2-4,7-8H,5-6,10-12H2,1H3. The van der Waals surface area contributed by atoms with Gasteiger partial charge in [-0.3, -0.25) is 9.69 Å². The van der Waals surface area contributed by atoms with Gasteiger partial charge in [0.25, 0.3) is 0 Å². The maximum absolute atomic E-state index is 11.3. The minimum atomic E-state index is -0.247. The van der Waals surface area contributed by atoms with E-state index in [4.69, 9.17) is 5.26 Å². The number of carbonyl (C=O) groups is 1. The van der Waals surface area contributed by atoms with Gasteiger partial charge < -0.3 is 4.74 Å². The van der Waals surface area contributed by atoms with Gasteiger partial charge >= 0.3 is 5.97 Å². The van der Waals surface area contributed by atoms with Gasteiger partial charge in [-0.25, -0.2) is 0 Å². The number of nitrogens with zero attached hydrogens (tertiary/aromatic N) is 2. The lowest BCUT2D eigenvalue weighted by Gasteiger charge is -2.20. The molecule has 0 aromatic heterocycles. The molecule has 0 unspecified atom stereocenters. The van der Waals surface area contributed by atoms with Gasteiger partial charge in [-0.05, 0) is 12.0 Å². The van der Waals surface area contributed by atoms with Crippen molar-refractivity contribution in [3.8, 4) is 6.07 Å². The number of unbranched alkanes of at least 4 members (excludes halogenated alkanes) is 1. The first kappa shape index (κ1) is 14.2. The van der Waals surface area contributed by atoms with Crippen LogP contribution in [0.5, 0.6) is 0 Å². The summed E-state index contributed by atoms with van der Waals surface area (Å²) in [4.78, 5) is 13.3. The largest absolute Gasteiger partial charge is 0.468 e. The summed E-state index contributed by atoms with van der Waals surface area (Å²) in [6, 6.07) is 12.1. The Kier molecular flexibility index (Phi) is 6.52. The summed E-state index contributed by atoms with van der Waals surface area (Å²) in [5.41, 5.74) is 1.15. The third-order valence-electron chi connectivity index (χ3n) is 2.59. The highest BCUT2D eigenvalue weighted by atomic mass is 16.5. The fourth-order valence-electron chi connectivity index (χ4n) is 1.68. The van der Waals surface area contributed by atoms with Gasteiger partial charge in [-0.15, -0.1) is 0 Å². The third-order valence-corrected chi connectivity index (χ3v) is 2.59. The monoisotopic (exact) mass is 246 g/mol. The summed E-state index contributed by atoms with van der Waals surface area (Å²) in [5.74, 6) is -0.247. The number of benzene rings is 1. The molecule has 0 saturated carbocycles. The van der Waals surface area contributed by atoms with E-state index in [0.29, 0.717) is 13.0 Å². The molecule has 0 amide bonds. The van der Waals surface area contributed by atoms with Crippen LogP contribution in [0.4, 0.5) is 0 Å². The Bertz CT molecular complexity index is 398. The van der Waals surface area contributed by atoms with Crippen LogP contribution in [0, 0.1) is 11.3 Å². The Morgan fingerprint density at radius 3 is 2.72 bits per heavy atom. The first-order valence-corrected chi connectivity index (χ1v) is 5.96. The predicted molar refractivity (Wildman–Crippen MR) is 68.6 cm³/mol. The van der Waals surface area contributed by atoms with Crippen LogP contribution in [0.3, 0.4) is 0 Å². The predicted octanol–water partition coefficient (Wildman–Crippen LogP) is 1.97. The molecular formula is C14H18N2O2. The lowest BCUT2D eigenvalue weighted by atomic mass is 10.2. The topological polar surface area (TPSA) is 53.3 Å². The van der Waals surface area contributed by atoms with E-state index >= 15 is 0 Å². The van der Waals surface area contributed by atoms with E-state index < -0.39 is 0 Å². The van der Waals surface area contributed by atoms with Gasteiger partial charge in [0.2, 0.25) is 0 Å². The van der Waals surface area contributed by atoms with Crippen molar-refractivity contribution in [2.75, 3.05) is 20.2 Å². The van der Waals surface area contributed by atoms with Crippen molar-refractivity contribution >= 4 is 5.97 Å². The molecule has 0 aliphatic heterocycles. The molecule has 0 N–H and O–H groups in total. The summed E-state index contributed by atoms with van der Waals surface area (Å²) in [6.45, 7) is 1.68. The van der Waals surface area contributed by atoms with E-state index in [9.17, 15) is 4.79 Å². The van der Waals surface area contributed by atoms with E-state index in [1.165, 1.54) is 7.11 Å². The van der Waals surface area contributed by atoms with Crippen LogP contribution >= 0.6 is 0 Å². The Balaban J connectivity index is 2.54. The SMILES string of the molecule is COC(=O)CN(CCCC#N)Cc1ccccc1. The molecule has 4 heteroatoms. The Morgan fingerprint density at radius 1 is 1.39 bits per heavy atom. The molecule has 0 saturated heterocycles. The third kappa shape index (κ3) is 5.46. The number of nitriles is 1. The summed E-state index contributed by atoms with van der Waals surface area (Å²) in [7, 11) is 1.39. The molecule has 1 aromatic rings. The highest BCUT2D eigenvalue weighted by molar-refractivity contribution is 5.71. The van der Waals surface area contributed by atoms with Crippen molar-refractivity contribution in [1.82, 2.24) is 4.90 Å². The zero-order chi connectivity index (χ0) is 13.2. The van der Waals surface area contributed by atoms with Crippen LogP contribution in [0.25, 0.3) is 0 Å². The van der Waals surface area contributed by atoms with Crippen LogP contribution in [-0.4, -0.2) is 31.1 Å². The van der Waals surface area contributed by atoms with E-state index in [1.54, 1.807) is 0 Å². The lowest BCUT2D eigenvalue weighted by Crippen LogP contribution is -2.31. The second-order valence-corrected chi connectivity index (χ2v) is 4.03. The molecule has 0 heterocycles. The van der Waals surface area contributed by atoms with E-state index in [0.717, 1.165) is 18.5 Å². The van der Waals surface area contributed by atoms with Crippen LogP contribution in [0.2, 0.25) is 0 Å². The number of rotatable bonds is 7. The Morgan fingerprint density at radius 2 is 2.11 bits per heavy atom. The zero-order valence-electron chi connectivity index (χ0n) is 10.6. The molecule has 4 nitrogen and oxygen atoms in total. The van der Waals surface area contributed by atoms with Crippen molar-refractivity contribution < 1.29 is 9.53 Å². The normalized spacial score (nSPS) is 10.1. The molecule has 0 spiro atoms. The first-order chi connectivity index (χ1) is 8.76. The van der Waals surface area contributed by atoms with Crippen LogP contribution < -0.4 is 0 Å². The fraction of sp³-hybridized carbons (Fsp3) is 0.429. The summed E-state index contributed by atoms with van der Waals surface area (Å²) in [5, 5.41) is 8.54. The van der Waals surface area contributed by atoms with Crippen molar-refractivity contribution in [3.05, 3.63) is 35.9 Å². The highest BCUT2D eigenvalue weighted by Crippen LogP contribution is 2.06. The van der Waals surface area contributed by atoms with Crippen molar-refractivity contribution in [2.45, 2.75) is 19.4 Å². The number of methoxy groups -OCH3 is 1. The van der Waals surface area contributed by atoms with Crippen LogP contribution in [0.15, 0.2) is 30.3 Å². The van der Waals surface area contributed by atoms with E-state index in [-0.39, 0.29) is 12.5 Å². The van der Waals surface area contributed by atoms with Gasteiger partial charge in [-0.2, -0.15) is 5.26 Å². The molecule has 0 aliphatic rings. The van der Waals surface area contributed by atoms with Crippen molar-refractivity contribution in [1.29, 1.82) is 5.26 Å². The van der Waals surface area contributed by atoms with E-state index in [1.807, 2.05) is 35.2 Å². The Hall–Kier alpha value is -1.86. The zero-order valence-corrected chi connectivity index (χ0v) is 10.6. The lowest BCUT2D eigenvalue weighted by molar-refractivity contribution is -0.142. The summed E-state index contributed by atoms with van der Waals surface area (Å²) >= 11 is 0. The Labute approximate surface area is 108 Å². The highest BCUT2D eigenvalue weighted by Gasteiger charge is 2.11. The average molecular weight is 246 g/mol. The molecule has 1 rings (SSSR count). The number of ether oxygens (including phenoxy) is 1. The molecular weight excluding hydrogens is 228 g/mol.